The lowest BCUT2D eigenvalue weighted by atomic mass is 9.81. The number of pyridine rings is 1. The van der Waals surface area contributed by atoms with Crippen molar-refractivity contribution in [2.24, 2.45) is 0 Å². The van der Waals surface area contributed by atoms with Crippen LogP contribution in [0.4, 0.5) is 0 Å². The number of fused-ring (bicyclic) bond motifs is 1. The lowest BCUT2D eigenvalue weighted by molar-refractivity contribution is 0.425. The quantitative estimate of drug-likeness (QED) is 0.581. The molecule has 3 N–H and O–H groups in total. The van der Waals surface area contributed by atoms with E-state index in [1.54, 1.807) is 6.07 Å². The Balaban J connectivity index is 2.11. The van der Waals surface area contributed by atoms with Crippen LogP contribution in [-0.4, -0.2) is 27.1 Å². The highest BCUT2D eigenvalue weighted by Crippen LogP contribution is 2.21. The first-order chi connectivity index (χ1) is 8.74. The molecule has 0 saturated carbocycles. The summed E-state index contributed by atoms with van der Waals surface area (Å²) in [5, 5.41) is 19.1. The Morgan fingerprint density at radius 1 is 1.06 bits per heavy atom. The summed E-state index contributed by atoms with van der Waals surface area (Å²) in [6.45, 7) is 0. The highest BCUT2D eigenvalue weighted by atomic mass is 16.4. The number of hydrogen-bond donors (Lipinski definition) is 3. The van der Waals surface area contributed by atoms with Crippen molar-refractivity contribution in [2.75, 3.05) is 0 Å². The highest BCUT2D eigenvalue weighted by molar-refractivity contribution is 6.58. The van der Waals surface area contributed by atoms with Crippen LogP contribution in [0.2, 0.25) is 0 Å². The molecule has 2 heterocycles. The van der Waals surface area contributed by atoms with E-state index in [0.29, 0.717) is 5.46 Å². The molecule has 0 aliphatic carbocycles. The molecule has 1 aromatic carbocycles. The van der Waals surface area contributed by atoms with E-state index in [1.807, 2.05) is 36.4 Å². The number of aromatic amines is 1. The molecular weight excluding hydrogens is 227 g/mol. The number of hydrogen-bond acceptors (Lipinski definition) is 3. The fourth-order valence-corrected chi connectivity index (χ4v) is 1.95. The summed E-state index contributed by atoms with van der Waals surface area (Å²) >= 11 is 0. The Morgan fingerprint density at radius 3 is 2.56 bits per heavy atom. The van der Waals surface area contributed by atoms with E-state index in [1.165, 1.54) is 6.20 Å². The van der Waals surface area contributed by atoms with Crippen molar-refractivity contribution in [1.82, 2.24) is 9.97 Å². The molecule has 5 heteroatoms. The average Bonchev–Trinajstić information content (AvgIpc) is 2.82. The Hall–Kier alpha value is -2.11. The Kier molecular flexibility index (Phi) is 2.62. The minimum atomic E-state index is -1.49. The second-order valence-corrected chi connectivity index (χ2v) is 4.13. The first-order valence-electron chi connectivity index (χ1n) is 5.64. The van der Waals surface area contributed by atoms with Gasteiger partial charge in [0.1, 0.15) is 5.65 Å². The second-order valence-electron chi connectivity index (χ2n) is 4.13. The first kappa shape index (κ1) is 11.0. The molecule has 0 bridgehead atoms. The van der Waals surface area contributed by atoms with E-state index in [4.69, 9.17) is 10.0 Å². The molecule has 88 valence electrons. The summed E-state index contributed by atoms with van der Waals surface area (Å²) in [6, 6.07) is 13.6. The number of nitrogens with zero attached hydrogens (tertiary/aromatic N) is 1. The number of rotatable bonds is 2. The zero-order valence-corrected chi connectivity index (χ0v) is 9.54. The van der Waals surface area contributed by atoms with Crippen LogP contribution >= 0.6 is 0 Å². The van der Waals surface area contributed by atoms with Crippen molar-refractivity contribution in [3.05, 3.63) is 48.7 Å². The van der Waals surface area contributed by atoms with Crippen LogP contribution in [0, 0.1) is 0 Å². The molecule has 0 amide bonds. The number of H-pyrrole nitrogens is 1. The van der Waals surface area contributed by atoms with E-state index >= 15 is 0 Å². The van der Waals surface area contributed by atoms with Gasteiger partial charge in [-0.1, -0.05) is 30.3 Å². The Bertz CT molecular complexity index is 680. The predicted octanol–water partition coefficient (Wildman–Crippen LogP) is 0.910. The second kappa shape index (κ2) is 4.29. The summed E-state index contributed by atoms with van der Waals surface area (Å²) in [6.07, 6.45) is 1.46. The number of benzene rings is 1. The molecule has 0 fully saturated rings. The van der Waals surface area contributed by atoms with Gasteiger partial charge in [-0.3, -0.25) is 0 Å². The largest absolute Gasteiger partial charge is 0.490 e. The van der Waals surface area contributed by atoms with Crippen LogP contribution in [0.3, 0.4) is 0 Å². The number of nitrogens with one attached hydrogen (secondary N) is 1. The predicted molar refractivity (Wildman–Crippen MR) is 71.4 cm³/mol. The smallest absolute Gasteiger partial charge is 0.423 e. The molecule has 0 atom stereocenters. The van der Waals surface area contributed by atoms with Gasteiger partial charge in [0.15, 0.2) is 0 Å². The zero-order valence-electron chi connectivity index (χ0n) is 9.54. The van der Waals surface area contributed by atoms with Gasteiger partial charge >= 0.3 is 7.12 Å². The van der Waals surface area contributed by atoms with Gasteiger partial charge in [0.2, 0.25) is 0 Å². The fourth-order valence-electron chi connectivity index (χ4n) is 1.95. The minimum absolute atomic E-state index is 0.390. The van der Waals surface area contributed by atoms with Crippen LogP contribution in [0.5, 0.6) is 0 Å². The van der Waals surface area contributed by atoms with Gasteiger partial charge in [-0.15, -0.1) is 0 Å². The topological polar surface area (TPSA) is 69.1 Å². The van der Waals surface area contributed by atoms with E-state index < -0.39 is 7.12 Å². The number of aromatic nitrogens is 2. The van der Waals surface area contributed by atoms with Gasteiger partial charge in [-0.2, -0.15) is 0 Å². The molecule has 0 radical (unpaired) electrons. The summed E-state index contributed by atoms with van der Waals surface area (Å²) < 4.78 is 0. The summed E-state index contributed by atoms with van der Waals surface area (Å²) in [7, 11) is -1.49. The third-order valence-corrected chi connectivity index (χ3v) is 2.87. The van der Waals surface area contributed by atoms with Gasteiger partial charge in [0.25, 0.3) is 0 Å². The standard InChI is InChI=1S/C13H11BN2O2/c17-14(18)11-6-10-7-12(16-13(10)15-8-11)9-4-2-1-3-5-9/h1-8,17-18H,(H,15,16). The van der Waals surface area contributed by atoms with Gasteiger partial charge in [-0.05, 0) is 17.7 Å². The van der Waals surface area contributed by atoms with Crippen molar-refractivity contribution in [3.8, 4) is 11.3 Å². The van der Waals surface area contributed by atoms with Crippen molar-refractivity contribution in [3.63, 3.8) is 0 Å². The molecule has 0 saturated heterocycles. The van der Waals surface area contributed by atoms with E-state index in [9.17, 15) is 0 Å². The zero-order chi connectivity index (χ0) is 12.5. The molecular formula is C13H11BN2O2. The van der Waals surface area contributed by atoms with Crippen LogP contribution in [0.25, 0.3) is 22.3 Å². The minimum Gasteiger partial charge on any atom is -0.423 e. The van der Waals surface area contributed by atoms with Crippen molar-refractivity contribution in [1.29, 1.82) is 0 Å². The van der Waals surface area contributed by atoms with Crippen LogP contribution < -0.4 is 5.46 Å². The molecule has 0 aliphatic rings. The van der Waals surface area contributed by atoms with Gasteiger partial charge in [0.05, 0.1) is 0 Å². The fraction of sp³-hybridized carbons (Fsp3) is 0. The first-order valence-corrected chi connectivity index (χ1v) is 5.64. The van der Waals surface area contributed by atoms with Crippen LogP contribution in [0.1, 0.15) is 0 Å². The summed E-state index contributed by atoms with van der Waals surface area (Å²) in [5.41, 5.74) is 3.16. The SMILES string of the molecule is OB(O)c1cnc2[nH]c(-c3ccccc3)cc2c1. The maximum atomic E-state index is 9.11. The van der Waals surface area contributed by atoms with Crippen molar-refractivity contribution < 1.29 is 10.0 Å². The highest BCUT2D eigenvalue weighted by Gasteiger charge is 2.13. The van der Waals surface area contributed by atoms with Gasteiger partial charge in [0, 0.05) is 22.7 Å². The lowest BCUT2D eigenvalue weighted by Gasteiger charge is -1.97. The lowest BCUT2D eigenvalue weighted by Crippen LogP contribution is -2.29. The van der Waals surface area contributed by atoms with E-state index in [2.05, 4.69) is 9.97 Å². The molecule has 3 aromatic rings. The normalized spacial score (nSPS) is 10.8. The van der Waals surface area contributed by atoms with Crippen LogP contribution in [0.15, 0.2) is 48.7 Å². The van der Waals surface area contributed by atoms with Gasteiger partial charge in [-0.25, -0.2) is 4.98 Å². The summed E-state index contributed by atoms with van der Waals surface area (Å²) in [4.78, 5) is 7.38. The molecule has 2 aromatic heterocycles. The maximum absolute atomic E-state index is 9.11. The molecule has 18 heavy (non-hydrogen) atoms. The maximum Gasteiger partial charge on any atom is 0.490 e. The summed E-state index contributed by atoms with van der Waals surface area (Å²) in [5.74, 6) is 0. The molecule has 3 rings (SSSR count). The third kappa shape index (κ3) is 1.90. The van der Waals surface area contributed by atoms with Crippen molar-refractivity contribution >= 4 is 23.6 Å². The molecule has 0 unspecified atom stereocenters. The van der Waals surface area contributed by atoms with E-state index in [0.717, 1.165) is 22.3 Å². The molecule has 0 spiro atoms. The average molecular weight is 238 g/mol. The Labute approximate surface area is 104 Å². The van der Waals surface area contributed by atoms with Crippen LogP contribution in [-0.2, 0) is 0 Å². The molecule has 4 nitrogen and oxygen atoms in total. The van der Waals surface area contributed by atoms with Gasteiger partial charge < -0.3 is 15.0 Å². The van der Waals surface area contributed by atoms with Crippen molar-refractivity contribution in [2.45, 2.75) is 0 Å². The van der Waals surface area contributed by atoms with E-state index in [-0.39, 0.29) is 0 Å². The monoisotopic (exact) mass is 238 g/mol. The third-order valence-electron chi connectivity index (χ3n) is 2.87. The molecule has 0 aliphatic heterocycles. The Morgan fingerprint density at radius 2 is 1.83 bits per heavy atom.